The number of nitrogens with zero attached hydrogens (tertiary/aromatic N) is 3. The van der Waals surface area contributed by atoms with Crippen LogP contribution in [-0.4, -0.2) is 41.8 Å². The lowest BCUT2D eigenvalue weighted by molar-refractivity contribution is -0.122. The molecule has 3 N–H and O–H groups in total. The monoisotopic (exact) mass is 309 g/mol. The number of carbonyl (C=O) groups excluding carboxylic acids is 1. The second kappa shape index (κ2) is 7.49. The Labute approximate surface area is 129 Å². The fourth-order valence-corrected chi connectivity index (χ4v) is 2.78. The van der Waals surface area contributed by atoms with E-state index < -0.39 is 0 Å². The molecule has 1 aromatic heterocycles. The Hall–Kier alpha value is -1.50. The number of anilines is 2. The Morgan fingerprint density at radius 2 is 2.19 bits per heavy atom. The van der Waals surface area contributed by atoms with E-state index in [1.54, 1.807) is 0 Å². The lowest BCUT2D eigenvalue weighted by atomic mass is 9.96. The van der Waals surface area contributed by atoms with Crippen LogP contribution >= 0.6 is 11.8 Å². The highest BCUT2D eigenvalue weighted by Crippen LogP contribution is 2.25. The van der Waals surface area contributed by atoms with Crippen molar-refractivity contribution >= 4 is 29.3 Å². The summed E-state index contributed by atoms with van der Waals surface area (Å²) in [7, 11) is 0. The van der Waals surface area contributed by atoms with E-state index in [1.165, 1.54) is 11.8 Å². The molecule has 1 fully saturated rings. The van der Waals surface area contributed by atoms with Gasteiger partial charge in [0.05, 0.1) is 0 Å². The molecule has 7 heteroatoms. The van der Waals surface area contributed by atoms with Gasteiger partial charge in [-0.3, -0.25) is 4.79 Å². The maximum Gasteiger partial charge on any atom is 0.220 e. The van der Waals surface area contributed by atoms with Crippen molar-refractivity contribution in [3.05, 3.63) is 6.07 Å². The molecule has 1 aliphatic heterocycles. The minimum atomic E-state index is -0.188. The summed E-state index contributed by atoms with van der Waals surface area (Å²) in [5.41, 5.74) is 5.38. The molecule has 116 valence electrons. The number of carbonyl (C=O) groups is 1. The first-order chi connectivity index (χ1) is 10.1. The first-order valence-corrected chi connectivity index (χ1v) is 8.57. The van der Waals surface area contributed by atoms with Crippen LogP contribution in [-0.2, 0) is 4.79 Å². The maximum absolute atomic E-state index is 11.2. The summed E-state index contributed by atoms with van der Waals surface area (Å²) >= 11 is 1.54. The van der Waals surface area contributed by atoms with Crippen LogP contribution in [0.25, 0.3) is 0 Å². The zero-order valence-electron chi connectivity index (χ0n) is 12.6. The summed E-state index contributed by atoms with van der Waals surface area (Å²) in [6.45, 7) is 4.64. The van der Waals surface area contributed by atoms with Crippen molar-refractivity contribution in [1.82, 2.24) is 9.97 Å². The van der Waals surface area contributed by atoms with E-state index in [0.29, 0.717) is 0 Å². The van der Waals surface area contributed by atoms with Gasteiger partial charge in [-0.2, -0.15) is 0 Å². The van der Waals surface area contributed by atoms with Gasteiger partial charge in [-0.1, -0.05) is 18.7 Å². The van der Waals surface area contributed by atoms with E-state index in [1.807, 2.05) is 12.3 Å². The molecule has 1 aromatic rings. The van der Waals surface area contributed by atoms with Gasteiger partial charge in [-0.05, 0) is 25.5 Å². The first-order valence-electron chi connectivity index (χ1n) is 7.35. The molecule has 0 unspecified atom stereocenters. The maximum atomic E-state index is 11.2. The van der Waals surface area contributed by atoms with Gasteiger partial charge in [0.2, 0.25) is 5.91 Å². The van der Waals surface area contributed by atoms with E-state index in [2.05, 4.69) is 27.1 Å². The number of hydrogen-bond acceptors (Lipinski definition) is 6. The summed E-state index contributed by atoms with van der Waals surface area (Å²) in [4.78, 5) is 22.5. The highest BCUT2D eigenvalue weighted by atomic mass is 32.2. The Morgan fingerprint density at radius 1 is 1.48 bits per heavy atom. The lowest BCUT2D eigenvalue weighted by Gasteiger charge is -2.31. The van der Waals surface area contributed by atoms with E-state index in [9.17, 15) is 4.79 Å². The number of aromatic nitrogens is 2. The molecule has 0 aliphatic carbocycles. The van der Waals surface area contributed by atoms with Gasteiger partial charge < -0.3 is 16.0 Å². The van der Waals surface area contributed by atoms with Gasteiger partial charge in [-0.15, -0.1) is 0 Å². The summed E-state index contributed by atoms with van der Waals surface area (Å²) in [5, 5.41) is 4.08. The molecule has 2 heterocycles. The molecule has 6 nitrogen and oxygen atoms in total. The zero-order chi connectivity index (χ0) is 15.2. The van der Waals surface area contributed by atoms with E-state index in [-0.39, 0.29) is 11.8 Å². The number of amides is 1. The second-order valence-corrected chi connectivity index (χ2v) is 5.96. The third kappa shape index (κ3) is 4.23. The number of thioether (sulfide) groups is 1. The quantitative estimate of drug-likeness (QED) is 0.615. The highest BCUT2D eigenvalue weighted by molar-refractivity contribution is 7.98. The van der Waals surface area contributed by atoms with Crippen molar-refractivity contribution in [2.45, 2.75) is 31.3 Å². The van der Waals surface area contributed by atoms with Crippen LogP contribution in [0.3, 0.4) is 0 Å². The third-order valence-electron chi connectivity index (χ3n) is 3.65. The molecule has 1 amide bonds. The standard InChI is InChI=1S/C14H23N5OS/c1-3-6-16-11-9-12(18-14(17-11)21-2)19-7-4-10(5-8-19)13(15)20/h9-10H,3-8H2,1-2H3,(H2,15,20)(H,16,17,18). The van der Waals surface area contributed by atoms with Crippen molar-refractivity contribution in [3.63, 3.8) is 0 Å². The van der Waals surface area contributed by atoms with Crippen LogP contribution in [0.1, 0.15) is 26.2 Å². The van der Waals surface area contributed by atoms with Crippen LogP contribution in [0, 0.1) is 5.92 Å². The number of piperidine rings is 1. The molecule has 0 saturated carbocycles. The summed E-state index contributed by atoms with van der Waals surface area (Å²) in [6.07, 6.45) is 4.62. The Morgan fingerprint density at radius 3 is 2.76 bits per heavy atom. The molecule has 1 saturated heterocycles. The number of primary amides is 1. The van der Waals surface area contributed by atoms with E-state index in [0.717, 1.165) is 55.7 Å². The van der Waals surface area contributed by atoms with Crippen molar-refractivity contribution < 1.29 is 4.79 Å². The Balaban J connectivity index is 2.10. The topological polar surface area (TPSA) is 84.1 Å². The lowest BCUT2D eigenvalue weighted by Crippen LogP contribution is -2.39. The largest absolute Gasteiger partial charge is 0.370 e. The molecule has 21 heavy (non-hydrogen) atoms. The minimum Gasteiger partial charge on any atom is -0.370 e. The second-order valence-electron chi connectivity index (χ2n) is 5.19. The van der Waals surface area contributed by atoms with Crippen molar-refractivity contribution in [3.8, 4) is 0 Å². The molecular weight excluding hydrogens is 286 g/mol. The van der Waals surface area contributed by atoms with Gasteiger partial charge in [0.1, 0.15) is 11.6 Å². The highest BCUT2D eigenvalue weighted by Gasteiger charge is 2.24. The smallest absolute Gasteiger partial charge is 0.220 e. The molecule has 0 aromatic carbocycles. The number of nitrogens with one attached hydrogen (secondary N) is 1. The van der Waals surface area contributed by atoms with Crippen LogP contribution in [0.2, 0.25) is 0 Å². The molecule has 0 spiro atoms. The average molecular weight is 309 g/mol. The fourth-order valence-electron chi connectivity index (χ4n) is 2.40. The summed E-state index contributed by atoms with van der Waals surface area (Å²) in [6, 6.07) is 1.99. The predicted octanol–water partition coefficient (Wildman–Crippen LogP) is 1.72. The number of rotatable bonds is 6. The summed E-state index contributed by atoms with van der Waals surface area (Å²) < 4.78 is 0. The van der Waals surface area contributed by atoms with Gasteiger partial charge in [0.15, 0.2) is 5.16 Å². The fraction of sp³-hybridized carbons (Fsp3) is 0.643. The summed E-state index contributed by atoms with van der Waals surface area (Å²) in [5.74, 6) is 1.60. The molecular formula is C14H23N5OS. The molecule has 1 aliphatic rings. The van der Waals surface area contributed by atoms with Gasteiger partial charge in [0.25, 0.3) is 0 Å². The van der Waals surface area contributed by atoms with Crippen LogP contribution < -0.4 is 16.0 Å². The minimum absolute atomic E-state index is 0.000736. The van der Waals surface area contributed by atoms with Crippen LogP contribution in [0.4, 0.5) is 11.6 Å². The van der Waals surface area contributed by atoms with Crippen molar-refractivity contribution in [1.29, 1.82) is 0 Å². The van der Waals surface area contributed by atoms with E-state index >= 15 is 0 Å². The van der Waals surface area contributed by atoms with Crippen LogP contribution in [0.5, 0.6) is 0 Å². The first kappa shape index (κ1) is 15.9. The number of hydrogen-bond donors (Lipinski definition) is 2. The van der Waals surface area contributed by atoms with Gasteiger partial charge >= 0.3 is 0 Å². The molecule has 0 radical (unpaired) electrons. The number of nitrogens with two attached hydrogens (primary N) is 1. The molecule has 0 bridgehead atoms. The Kier molecular flexibility index (Phi) is 5.67. The van der Waals surface area contributed by atoms with Gasteiger partial charge in [0, 0.05) is 31.6 Å². The zero-order valence-corrected chi connectivity index (χ0v) is 13.4. The van der Waals surface area contributed by atoms with Gasteiger partial charge in [-0.25, -0.2) is 9.97 Å². The Bertz CT molecular complexity index is 488. The average Bonchev–Trinajstić information content (AvgIpc) is 2.52. The van der Waals surface area contributed by atoms with Crippen LogP contribution in [0.15, 0.2) is 11.2 Å². The molecule has 0 atom stereocenters. The predicted molar refractivity (Wildman–Crippen MR) is 86.7 cm³/mol. The normalized spacial score (nSPS) is 16.0. The SMILES string of the molecule is CCCNc1cc(N2CCC(C(N)=O)CC2)nc(SC)n1. The third-order valence-corrected chi connectivity index (χ3v) is 4.20. The van der Waals surface area contributed by atoms with Crippen molar-refractivity contribution in [2.75, 3.05) is 36.1 Å². The van der Waals surface area contributed by atoms with Crippen molar-refractivity contribution in [2.24, 2.45) is 11.7 Å². The van der Waals surface area contributed by atoms with E-state index in [4.69, 9.17) is 5.73 Å². The molecule has 2 rings (SSSR count).